The van der Waals surface area contributed by atoms with Crippen molar-refractivity contribution < 1.29 is 24.5 Å². The Balaban J connectivity index is 1.54. The van der Waals surface area contributed by atoms with Gasteiger partial charge in [-0.05, 0) is 23.3 Å². The van der Waals surface area contributed by atoms with Gasteiger partial charge in [0.05, 0.1) is 42.8 Å². The zero-order valence-electron chi connectivity index (χ0n) is 22.5. The van der Waals surface area contributed by atoms with E-state index in [1.54, 1.807) is 37.4 Å². The van der Waals surface area contributed by atoms with E-state index < -0.39 is 29.1 Å². The van der Waals surface area contributed by atoms with Gasteiger partial charge in [0.1, 0.15) is 11.5 Å². The van der Waals surface area contributed by atoms with Gasteiger partial charge in [-0.2, -0.15) is 5.26 Å². The minimum absolute atomic E-state index is 0.0528. The molecule has 9 nitrogen and oxygen atoms in total. The highest BCUT2D eigenvalue weighted by Crippen LogP contribution is 2.69. The fourth-order valence-corrected chi connectivity index (χ4v) is 7.07. The molecule has 9 heteroatoms. The van der Waals surface area contributed by atoms with Gasteiger partial charge in [0.15, 0.2) is 11.2 Å². The minimum atomic E-state index is -1.89. The maximum Gasteiger partial charge on any atom is 0.219 e. The molecule has 1 amide bonds. The second kappa shape index (κ2) is 9.89. The number of aromatic nitrogens is 1. The molecule has 3 heterocycles. The van der Waals surface area contributed by atoms with E-state index in [0.29, 0.717) is 60.9 Å². The Hall–Kier alpha value is -3.97. The van der Waals surface area contributed by atoms with E-state index in [4.69, 9.17) is 9.47 Å². The van der Waals surface area contributed by atoms with E-state index in [1.807, 2.05) is 35.2 Å². The molecule has 2 N–H and O–H groups in total. The third kappa shape index (κ3) is 3.71. The van der Waals surface area contributed by atoms with Gasteiger partial charge in [-0.15, -0.1) is 0 Å². The second-order valence-electron chi connectivity index (χ2n) is 10.8. The molecule has 206 valence electrons. The standard InChI is InChI=1S/C31H32N4O5/c1-20(36)35-14-12-34(13-15-35)19-24-27(22-6-4-3-5-7-22)31(23-10-8-21(16-32)9-11-23)30(38,29(24)37)28-25(39-2)17-33-18-26(28)40-31/h3-11,17-18,24,27,29,37-38H,12-15,19H2,1-2H3/t24-,27-,29-,30+,31+/m1/s1. The lowest BCUT2D eigenvalue weighted by atomic mass is 9.70. The fraction of sp³-hybridized carbons (Fsp3) is 0.387. The van der Waals surface area contributed by atoms with E-state index in [0.717, 1.165) is 5.56 Å². The predicted octanol–water partition coefficient (Wildman–Crippen LogP) is 2.38. The number of fused-ring (bicyclic) bond motifs is 3. The molecule has 40 heavy (non-hydrogen) atoms. The number of aliphatic hydroxyl groups excluding tert-OH is 1. The number of hydrogen-bond acceptors (Lipinski definition) is 8. The Morgan fingerprint density at radius 2 is 1.82 bits per heavy atom. The van der Waals surface area contributed by atoms with Crippen molar-refractivity contribution in [3.63, 3.8) is 0 Å². The highest BCUT2D eigenvalue weighted by Gasteiger charge is 2.76. The highest BCUT2D eigenvalue weighted by atomic mass is 16.5. The molecule has 6 rings (SSSR count). The van der Waals surface area contributed by atoms with Gasteiger partial charge in [0.2, 0.25) is 5.91 Å². The number of aliphatic hydroxyl groups is 2. The molecular weight excluding hydrogens is 508 g/mol. The third-order valence-corrected chi connectivity index (χ3v) is 8.90. The Labute approximate surface area is 233 Å². The fourth-order valence-electron chi connectivity index (χ4n) is 7.07. The van der Waals surface area contributed by atoms with E-state index >= 15 is 0 Å². The number of methoxy groups -OCH3 is 1. The normalized spacial score (nSPS) is 29.3. The van der Waals surface area contributed by atoms with Gasteiger partial charge in [-0.25, -0.2) is 0 Å². The Morgan fingerprint density at radius 1 is 1.12 bits per heavy atom. The third-order valence-electron chi connectivity index (χ3n) is 8.90. The van der Waals surface area contributed by atoms with Crippen LogP contribution in [0.1, 0.15) is 35.1 Å². The van der Waals surface area contributed by atoms with Crippen LogP contribution in [0.15, 0.2) is 67.0 Å². The number of carbonyl (C=O) groups is 1. The SMILES string of the molecule is COc1cncc2c1[C@]1(O)[C@H](O)[C@H](CN3CCN(C(C)=O)CC3)[C@@H](c3ccccc3)[C@]1(c1ccc(C#N)cc1)O2. The van der Waals surface area contributed by atoms with Gasteiger partial charge in [0.25, 0.3) is 0 Å². The lowest BCUT2D eigenvalue weighted by Crippen LogP contribution is -2.52. The summed E-state index contributed by atoms with van der Waals surface area (Å²) >= 11 is 0. The molecule has 1 saturated carbocycles. The smallest absolute Gasteiger partial charge is 0.219 e. The molecule has 2 aromatic carbocycles. The quantitative estimate of drug-likeness (QED) is 0.507. The van der Waals surface area contributed by atoms with Crippen LogP contribution >= 0.6 is 0 Å². The molecule has 3 aliphatic rings. The maximum absolute atomic E-state index is 12.9. The molecule has 2 aliphatic heterocycles. The summed E-state index contributed by atoms with van der Waals surface area (Å²) in [6, 6.07) is 19.0. The number of amides is 1. The summed E-state index contributed by atoms with van der Waals surface area (Å²) in [5, 5.41) is 34.7. The van der Waals surface area contributed by atoms with Gasteiger partial charge >= 0.3 is 0 Å². The topological polar surface area (TPSA) is 119 Å². The van der Waals surface area contributed by atoms with Crippen LogP contribution in [0.4, 0.5) is 0 Å². The first-order chi connectivity index (χ1) is 19.3. The van der Waals surface area contributed by atoms with Crippen molar-refractivity contribution in [2.75, 3.05) is 39.8 Å². The summed E-state index contributed by atoms with van der Waals surface area (Å²) in [4.78, 5) is 20.3. The number of piperazine rings is 1. The van der Waals surface area contributed by atoms with Gasteiger partial charge in [-0.1, -0.05) is 42.5 Å². The molecule has 0 bridgehead atoms. The zero-order chi connectivity index (χ0) is 28.1. The van der Waals surface area contributed by atoms with Crippen LogP contribution in [0, 0.1) is 17.2 Å². The Morgan fingerprint density at radius 3 is 2.45 bits per heavy atom. The zero-order valence-corrected chi connectivity index (χ0v) is 22.5. The number of ether oxygens (including phenoxy) is 2. The molecule has 3 aromatic rings. The van der Waals surface area contributed by atoms with Crippen LogP contribution in [-0.4, -0.2) is 76.8 Å². The van der Waals surface area contributed by atoms with Crippen LogP contribution < -0.4 is 9.47 Å². The Bertz CT molecular complexity index is 1450. The van der Waals surface area contributed by atoms with E-state index in [2.05, 4.69) is 16.0 Å². The number of nitrogens with zero attached hydrogens (tertiary/aromatic N) is 4. The van der Waals surface area contributed by atoms with Crippen LogP contribution in [0.3, 0.4) is 0 Å². The Kier molecular flexibility index (Phi) is 6.50. The first-order valence-electron chi connectivity index (χ1n) is 13.5. The molecular formula is C31H32N4O5. The molecule has 5 atom stereocenters. The minimum Gasteiger partial charge on any atom is -0.495 e. The largest absolute Gasteiger partial charge is 0.495 e. The second-order valence-corrected chi connectivity index (χ2v) is 10.8. The number of hydrogen-bond donors (Lipinski definition) is 2. The lowest BCUT2D eigenvalue weighted by molar-refractivity contribution is -0.152. The summed E-state index contributed by atoms with van der Waals surface area (Å²) in [7, 11) is 1.50. The number of rotatable bonds is 5. The van der Waals surface area contributed by atoms with Crippen molar-refractivity contribution in [1.82, 2.24) is 14.8 Å². The molecule has 0 spiro atoms. The van der Waals surface area contributed by atoms with Crippen molar-refractivity contribution in [3.8, 4) is 17.6 Å². The average Bonchev–Trinajstić information content (AvgIpc) is 3.36. The van der Waals surface area contributed by atoms with Crippen LogP contribution in [0.25, 0.3) is 0 Å². The first kappa shape index (κ1) is 26.3. The average molecular weight is 541 g/mol. The molecule has 1 saturated heterocycles. The van der Waals surface area contributed by atoms with Crippen molar-refractivity contribution in [2.45, 2.75) is 30.1 Å². The monoisotopic (exact) mass is 540 g/mol. The van der Waals surface area contributed by atoms with Crippen LogP contribution in [-0.2, 0) is 16.0 Å². The first-order valence-corrected chi connectivity index (χ1v) is 13.5. The summed E-state index contributed by atoms with van der Waals surface area (Å²) in [6.45, 7) is 4.61. The molecule has 1 aliphatic carbocycles. The molecule has 0 unspecified atom stereocenters. The predicted molar refractivity (Wildman–Crippen MR) is 146 cm³/mol. The van der Waals surface area contributed by atoms with Crippen molar-refractivity contribution in [2.24, 2.45) is 5.92 Å². The van der Waals surface area contributed by atoms with Gasteiger partial charge in [-0.3, -0.25) is 14.7 Å². The van der Waals surface area contributed by atoms with E-state index in [-0.39, 0.29) is 5.91 Å². The van der Waals surface area contributed by atoms with Crippen LogP contribution in [0.2, 0.25) is 0 Å². The number of nitriles is 1. The van der Waals surface area contributed by atoms with Crippen molar-refractivity contribution in [3.05, 3.63) is 89.2 Å². The van der Waals surface area contributed by atoms with Crippen molar-refractivity contribution >= 4 is 5.91 Å². The lowest BCUT2D eigenvalue weighted by Gasteiger charge is -2.41. The van der Waals surface area contributed by atoms with E-state index in [9.17, 15) is 20.3 Å². The van der Waals surface area contributed by atoms with Gasteiger partial charge < -0.3 is 24.6 Å². The van der Waals surface area contributed by atoms with Gasteiger partial charge in [0, 0.05) is 51.5 Å². The molecule has 0 radical (unpaired) electrons. The summed E-state index contributed by atoms with van der Waals surface area (Å²) in [5.41, 5.74) is -0.929. The summed E-state index contributed by atoms with van der Waals surface area (Å²) in [5.74, 6) is -0.198. The maximum atomic E-state index is 12.9. The van der Waals surface area contributed by atoms with Crippen molar-refractivity contribution in [1.29, 1.82) is 5.26 Å². The van der Waals surface area contributed by atoms with Crippen LogP contribution in [0.5, 0.6) is 11.5 Å². The molecule has 2 fully saturated rings. The number of carbonyl (C=O) groups excluding carboxylic acids is 1. The highest BCUT2D eigenvalue weighted by molar-refractivity contribution is 5.73. The molecule has 1 aromatic heterocycles. The number of pyridine rings is 1. The summed E-state index contributed by atoms with van der Waals surface area (Å²) in [6.07, 6.45) is 1.83. The number of benzene rings is 2. The van der Waals surface area contributed by atoms with E-state index in [1.165, 1.54) is 13.3 Å². The summed E-state index contributed by atoms with van der Waals surface area (Å²) < 4.78 is 12.5.